The van der Waals surface area contributed by atoms with Crippen LogP contribution in [0, 0.1) is 5.92 Å². The molecule has 0 N–H and O–H groups in total. The van der Waals surface area contributed by atoms with E-state index in [9.17, 15) is 8.42 Å². The number of allylic oxidation sites excluding steroid dienone is 1. The predicted octanol–water partition coefficient (Wildman–Crippen LogP) is 0.886. The number of rotatable bonds is 0. The van der Waals surface area contributed by atoms with E-state index in [-0.39, 0.29) is 5.75 Å². The van der Waals surface area contributed by atoms with E-state index >= 15 is 0 Å². The van der Waals surface area contributed by atoms with E-state index in [2.05, 4.69) is 4.18 Å². The van der Waals surface area contributed by atoms with Gasteiger partial charge in [0.05, 0.1) is 5.75 Å². The second kappa shape index (κ2) is 2.62. The van der Waals surface area contributed by atoms with Crippen LogP contribution in [0.2, 0.25) is 0 Å². The lowest BCUT2D eigenvalue weighted by Crippen LogP contribution is -2.06. The summed E-state index contributed by atoms with van der Waals surface area (Å²) in [5, 5.41) is 0. The molecule has 0 fully saturated rings. The third-order valence-corrected chi connectivity index (χ3v) is 2.57. The zero-order valence-corrected chi connectivity index (χ0v) is 6.60. The summed E-state index contributed by atoms with van der Waals surface area (Å²) in [5.74, 6) is 0.429. The molecule has 4 heteroatoms. The largest absolute Gasteiger partial charge is 0.391 e. The zero-order chi connectivity index (χ0) is 7.61. The Hall–Kier alpha value is -0.510. The standard InChI is InChI=1S/C6H10O3S/c1-6-2-4-9-10(7,8)5-3-6/h2,4,6H,3,5H2,1H3. The maximum absolute atomic E-state index is 10.7. The Kier molecular flexibility index (Phi) is 1.99. The molecule has 10 heavy (non-hydrogen) atoms. The summed E-state index contributed by atoms with van der Waals surface area (Å²) < 4.78 is 25.9. The van der Waals surface area contributed by atoms with Crippen LogP contribution in [0.15, 0.2) is 12.3 Å². The molecular weight excluding hydrogens is 152 g/mol. The normalized spacial score (nSPS) is 30.7. The summed E-state index contributed by atoms with van der Waals surface area (Å²) in [6.45, 7) is 1.96. The Bertz CT molecular complexity index is 227. The molecule has 58 valence electrons. The van der Waals surface area contributed by atoms with E-state index in [1.807, 2.05) is 6.92 Å². The molecule has 0 aromatic carbocycles. The van der Waals surface area contributed by atoms with Crippen molar-refractivity contribution in [1.29, 1.82) is 0 Å². The van der Waals surface area contributed by atoms with Gasteiger partial charge in [0.2, 0.25) is 0 Å². The van der Waals surface area contributed by atoms with Crippen LogP contribution in [0.3, 0.4) is 0 Å². The van der Waals surface area contributed by atoms with Gasteiger partial charge in [-0.3, -0.25) is 0 Å². The smallest absolute Gasteiger partial charge is 0.308 e. The lowest BCUT2D eigenvalue weighted by molar-refractivity contribution is 0.446. The molecule has 0 spiro atoms. The van der Waals surface area contributed by atoms with Crippen molar-refractivity contribution < 1.29 is 12.6 Å². The van der Waals surface area contributed by atoms with Gasteiger partial charge < -0.3 is 4.18 Å². The van der Waals surface area contributed by atoms with E-state index in [0.717, 1.165) is 0 Å². The van der Waals surface area contributed by atoms with Crippen molar-refractivity contribution in [3.8, 4) is 0 Å². The average molecular weight is 162 g/mol. The van der Waals surface area contributed by atoms with E-state index in [1.165, 1.54) is 6.26 Å². The van der Waals surface area contributed by atoms with Crippen molar-refractivity contribution in [1.82, 2.24) is 0 Å². The fourth-order valence-electron chi connectivity index (χ4n) is 0.725. The Morgan fingerprint density at radius 2 is 2.30 bits per heavy atom. The summed E-state index contributed by atoms with van der Waals surface area (Å²) in [5.41, 5.74) is 0. The molecule has 3 nitrogen and oxygen atoms in total. The first kappa shape index (κ1) is 7.60. The minimum atomic E-state index is -3.24. The van der Waals surface area contributed by atoms with Gasteiger partial charge in [0.25, 0.3) is 0 Å². The van der Waals surface area contributed by atoms with Crippen molar-refractivity contribution in [2.75, 3.05) is 5.75 Å². The van der Waals surface area contributed by atoms with Crippen LogP contribution in [0.4, 0.5) is 0 Å². The number of hydrogen-bond acceptors (Lipinski definition) is 3. The van der Waals surface area contributed by atoms with Crippen molar-refractivity contribution in [3.63, 3.8) is 0 Å². The molecule has 1 aliphatic rings. The summed E-state index contributed by atoms with van der Waals surface area (Å²) in [7, 11) is -3.24. The van der Waals surface area contributed by atoms with Crippen LogP contribution in [-0.2, 0) is 14.3 Å². The van der Waals surface area contributed by atoms with Gasteiger partial charge in [0.15, 0.2) is 0 Å². The van der Waals surface area contributed by atoms with Crippen LogP contribution in [0.25, 0.3) is 0 Å². The highest BCUT2D eigenvalue weighted by molar-refractivity contribution is 7.86. The molecule has 0 saturated carbocycles. The zero-order valence-electron chi connectivity index (χ0n) is 5.78. The van der Waals surface area contributed by atoms with Gasteiger partial charge in [-0.2, -0.15) is 8.42 Å². The topological polar surface area (TPSA) is 43.4 Å². The Morgan fingerprint density at radius 3 is 3.00 bits per heavy atom. The number of hydrogen-bond donors (Lipinski definition) is 0. The SMILES string of the molecule is CC1C=COS(=O)(=O)CC1. The first-order chi connectivity index (χ1) is 4.60. The quantitative estimate of drug-likeness (QED) is 0.497. The molecule has 1 atom stereocenters. The molecular formula is C6H10O3S. The van der Waals surface area contributed by atoms with Crippen molar-refractivity contribution in [3.05, 3.63) is 12.3 Å². The Balaban J connectivity index is 2.71. The van der Waals surface area contributed by atoms with Gasteiger partial charge in [-0.05, 0) is 18.4 Å². The molecule has 0 aromatic heterocycles. The van der Waals surface area contributed by atoms with E-state index in [0.29, 0.717) is 12.3 Å². The van der Waals surface area contributed by atoms with Gasteiger partial charge in [0, 0.05) is 0 Å². The highest BCUT2D eigenvalue weighted by Crippen LogP contribution is 2.12. The molecule has 0 saturated heterocycles. The van der Waals surface area contributed by atoms with Gasteiger partial charge >= 0.3 is 10.1 Å². The minimum absolute atomic E-state index is 0.126. The third-order valence-electron chi connectivity index (χ3n) is 1.43. The van der Waals surface area contributed by atoms with Gasteiger partial charge in [-0.15, -0.1) is 0 Å². The monoisotopic (exact) mass is 162 g/mol. The molecule has 0 aliphatic carbocycles. The highest BCUT2D eigenvalue weighted by Gasteiger charge is 2.14. The summed E-state index contributed by atoms with van der Waals surface area (Å²) >= 11 is 0. The molecule has 1 aliphatic heterocycles. The van der Waals surface area contributed by atoms with Gasteiger partial charge in [-0.1, -0.05) is 6.92 Å². The summed E-state index contributed by atoms with van der Waals surface area (Å²) in [6, 6.07) is 0. The Morgan fingerprint density at radius 1 is 1.60 bits per heavy atom. The molecule has 0 radical (unpaired) electrons. The maximum Gasteiger partial charge on any atom is 0.308 e. The molecule has 0 amide bonds. The van der Waals surface area contributed by atoms with Crippen LogP contribution >= 0.6 is 0 Å². The molecule has 1 rings (SSSR count). The second-order valence-electron chi connectivity index (χ2n) is 2.45. The van der Waals surface area contributed by atoms with E-state index in [4.69, 9.17) is 0 Å². The first-order valence-electron chi connectivity index (χ1n) is 3.18. The summed E-state index contributed by atoms with van der Waals surface area (Å²) in [6.07, 6.45) is 3.66. The molecule has 0 bridgehead atoms. The first-order valence-corrected chi connectivity index (χ1v) is 4.75. The second-order valence-corrected chi connectivity index (χ2v) is 4.17. The third kappa shape index (κ3) is 2.02. The summed E-state index contributed by atoms with van der Waals surface area (Å²) in [4.78, 5) is 0. The average Bonchev–Trinajstić information content (AvgIpc) is 1.94. The lowest BCUT2D eigenvalue weighted by Gasteiger charge is -1.98. The van der Waals surface area contributed by atoms with E-state index in [1.54, 1.807) is 6.08 Å². The predicted molar refractivity (Wildman–Crippen MR) is 37.8 cm³/mol. The van der Waals surface area contributed by atoms with Crippen molar-refractivity contribution in [2.24, 2.45) is 5.92 Å². The molecule has 1 unspecified atom stereocenters. The Labute approximate surface area is 60.8 Å². The molecule has 1 heterocycles. The van der Waals surface area contributed by atoms with Gasteiger partial charge in [0.1, 0.15) is 6.26 Å². The van der Waals surface area contributed by atoms with Crippen LogP contribution in [0.5, 0.6) is 0 Å². The minimum Gasteiger partial charge on any atom is -0.391 e. The lowest BCUT2D eigenvalue weighted by atomic mass is 10.1. The maximum atomic E-state index is 10.7. The fraction of sp³-hybridized carbons (Fsp3) is 0.667. The fourth-order valence-corrected chi connectivity index (χ4v) is 1.72. The van der Waals surface area contributed by atoms with Crippen molar-refractivity contribution >= 4 is 10.1 Å². The molecule has 0 aromatic rings. The van der Waals surface area contributed by atoms with E-state index < -0.39 is 10.1 Å². The van der Waals surface area contributed by atoms with Crippen LogP contribution in [0.1, 0.15) is 13.3 Å². The van der Waals surface area contributed by atoms with Crippen LogP contribution < -0.4 is 0 Å². The van der Waals surface area contributed by atoms with Gasteiger partial charge in [-0.25, -0.2) is 0 Å². The van der Waals surface area contributed by atoms with Crippen LogP contribution in [-0.4, -0.2) is 14.2 Å². The van der Waals surface area contributed by atoms with Crippen molar-refractivity contribution in [2.45, 2.75) is 13.3 Å². The highest BCUT2D eigenvalue weighted by atomic mass is 32.2.